The molecule has 1 heterocycles. The first kappa shape index (κ1) is 21.1. The average Bonchev–Trinajstić information content (AvgIpc) is 2.88. The van der Waals surface area contributed by atoms with Crippen molar-refractivity contribution in [3.05, 3.63) is 48.6 Å². The van der Waals surface area contributed by atoms with Gasteiger partial charge in [-0.3, -0.25) is 19.3 Å². The number of imide groups is 1. The van der Waals surface area contributed by atoms with Crippen molar-refractivity contribution >= 4 is 23.8 Å². The van der Waals surface area contributed by atoms with Crippen molar-refractivity contribution in [3.8, 4) is 0 Å². The molecule has 0 aliphatic carbocycles. The number of hydrogen-bond donors (Lipinski definition) is 2. The van der Waals surface area contributed by atoms with Crippen molar-refractivity contribution in [1.29, 1.82) is 0 Å². The molecule has 1 aliphatic rings. The quantitative estimate of drug-likeness (QED) is 0.376. The van der Waals surface area contributed by atoms with Gasteiger partial charge in [0, 0.05) is 6.54 Å². The highest BCUT2D eigenvalue weighted by Crippen LogP contribution is 2.23. The van der Waals surface area contributed by atoms with Gasteiger partial charge in [0.1, 0.15) is 12.1 Å². The van der Waals surface area contributed by atoms with Crippen molar-refractivity contribution < 1.29 is 23.9 Å². The number of urea groups is 1. The van der Waals surface area contributed by atoms with Gasteiger partial charge in [0.05, 0.1) is 0 Å². The zero-order valence-electron chi connectivity index (χ0n) is 16.1. The van der Waals surface area contributed by atoms with Crippen LogP contribution in [0.5, 0.6) is 0 Å². The molecule has 0 bridgehead atoms. The Kier molecular flexibility index (Phi) is 6.92. The molecule has 2 N–H and O–H groups in total. The van der Waals surface area contributed by atoms with E-state index in [0.29, 0.717) is 12.8 Å². The monoisotopic (exact) mass is 387 g/mol. The Morgan fingerprint density at radius 3 is 2.64 bits per heavy atom. The zero-order valence-corrected chi connectivity index (χ0v) is 16.1. The smallest absolute Gasteiger partial charge is 0.327 e. The summed E-state index contributed by atoms with van der Waals surface area (Å²) in [5, 5.41) is 5.15. The number of carbonyl (C=O) groups is 4. The molecule has 28 heavy (non-hydrogen) atoms. The summed E-state index contributed by atoms with van der Waals surface area (Å²) in [5.74, 6) is -1.82. The van der Waals surface area contributed by atoms with Crippen LogP contribution < -0.4 is 10.6 Å². The molecule has 150 valence electrons. The molecular formula is C20H25N3O5. The number of nitrogens with one attached hydrogen (secondary N) is 2. The first-order valence-electron chi connectivity index (χ1n) is 9.03. The second-order valence-corrected chi connectivity index (χ2v) is 6.81. The lowest BCUT2D eigenvalue weighted by Crippen LogP contribution is -2.45. The Balaban J connectivity index is 1.92. The molecule has 8 nitrogen and oxygen atoms in total. The van der Waals surface area contributed by atoms with Gasteiger partial charge >= 0.3 is 12.0 Å². The van der Waals surface area contributed by atoms with E-state index in [1.165, 1.54) is 13.0 Å². The van der Waals surface area contributed by atoms with Crippen LogP contribution >= 0.6 is 0 Å². The summed E-state index contributed by atoms with van der Waals surface area (Å²) in [6.07, 6.45) is 1.45. The van der Waals surface area contributed by atoms with E-state index in [1.807, 2.05) is 30.3 Å². The van der Waals surface area contributed by atoms with E-state index in [0.717, 1.165) is 10.5 Å². The Bertz CT molecular complexity index is 764. The van der Waals surface area contributed by atoms with Crippen LogP contribution in [0.1, 0.15) is 25.8 Å². The lowest BCUT2D eigenvalue weighted by atomic mass is 9.93. The maximum Gasteiger partial charge on any atom is 0.327 e. The normalized spacial score (nSPS) is 19.7. The third-order valence-corrected chi connectivity index (χ3v) is 4.49. The molecule has 0 saturated carbocycles. The van der Waals surface area contributed by atoms with Gasteiger partial charge in [-0.05, 0) is 32.3 Å². The third-order valence-electron chi connectivity index (χ3n) is 4.49. The minimum Gasteiger partial charge on any atom is -0.451 e. The number of hydrogen-bond acceptors (Lipinski definition) is 5. The fourth-order valence-electron chi connectivity index (χ4n) is 2.83. The predicted molar refractivity (Wildman–Crippen MR) is 102 cm³/mol. The number of nitrogens with zero attached hydrogens (tertiary/aromatic N) is 1. The lowest BCUT2D eigenvalue weighted by Gasteiger charge is -2.21. The van der Waals surface area contributed by atoms with Crippen LogP contribution in [-0.2, 0) is 25.5 Å². The van der Waals surface area contributed by atoms with Crippen LogP contribution in [0.2, 0.25) is 0 Å². The van der Waals surface area contributed by atoms with E-state index in [-0.39, 0.29) is 6.54 Å². The highest BCUT2D eigenvalue weighted by Gasteiger charge is 2.48. The van der Waals surface area contributed by atoms with Crippen LogP contribution in [0, 0.1) is 0 Å². The Morgan fingerprint density at radius 2 is 2.00 bits per heavy atom. The SMILES string of the molecule is C=CCNC(=O)[C@H](C)OC(=O)CN1C(=O)N[C@](C)(CCc2ccccc2)C1=O. The van der Waals surface area contributed by atoms with E-state index < -0.39 is 42.0 Å². The number of amides is 4. The van der Waals surface area contributed by atoms with Gasteiger partial charge in [-0.15, -0.1) is 6.58 Å². The minimum absolute atomic E-state index is 0.244. The maximum atomic E-state index is 12.7. The summed E-state index contributed by atoms with van der Waals surface area (Å²) >= 11 is 0. The molecule has 2 atom stereocenters. The summed E-state index contributed by atoms with van der Waals surface area (Å²) in [5.41, 5.74) is -0.0526. The number of carbonyl (C=O) groups excluding carboxylic acids is 4. The fourth-order valence-corrected chi connectivity index (χ4v) is 2.83. The number of rotatable bonds is 9. The van der Waals surface area contributed by atoms with Gasteiger partial charge in [-0.25, -0.2) is 4.79 Å². The van der Waals surface area contributed by atoms with Crippen molar-refractivity contribution in [3.63, 3.8) is 0 Å². The van der Waals surface area contributed by atoms with E-state index in [2.05, 4.69) is 17.2 Å². The number of ether oxygens (including phenoxy) is 1. The highest BCUT2D eigenvalue weighted by atomic mass is 16.5. The van der Waals surface area contributed by atoms with E-state index in [4.69, 9.17) is 4.74 Å². The Hall–Kier alpha value is -3.16. The van der Waals surface area contributed by atoms with Gasteiger partial charge in [0.25, 0.3) is 11.8 Å². The fraction of sp³-hybridized carbons (Fsp3) is 0.400. The average molecular weight is 387 g/mol. The van der Waals surface area contributed by atoms with Crippen LogP contribution in [0.4, 0.5) is 4.79 Å². The van der Waals surface area contributed by atoms with Gasteiger partial charge in [-0.1, -0.05) is 36.4 Å². The molecule has 0 aromatic heterocycles. The van der Waals surface area contributed by atoms with Gasteiger partial charge in [-0.2, -0.15) is 0 Å². The van der Waals surface area contributed by atoms with Gasteiger partial charge in [0.2, 0.25) is 0 Å². The van der Waals surface area contributed by atoms with Crippen LogP contribution in [0.3, 0.4) is 0 Å². The molecule has 0 spiro atoms. The summed E-state index contributed by atoms with van der Waals surface area (Å²) in [7, 11) is 0. The first-order chi connectivity index (χ1) is 13.3. The molecule has 1 aromatic carbocycles. The molecule has 2 rings (SSSR count). The standard InChI is InChI=1S/C20H25N3O5/c1-4-12-21-17(25)14(2)28-16(24)13-23-18(26)20(3,22-19(23)27)11-10-15-8-6-5-7-9-15/h4-9,14H,1,10-13H2,2-3H3,(H,21,25)(H,22,27)/t14-,20+/m0/s1. The van der Waals surface area contributed by atoms with Crippen LogP contribution in [0.25, 0.3) is 0 Å². The molecule has 1 aromatic rings. The summed E-state index contributed by atoms with van der Waals surface area (Å²) in [6, 6.07) is 8.95. The summed E-state index contributed by atoms with van der Waals surface area (Å²) < 4.78 is 5.01. The molecule has 8 heteroatoms. The van der Waals surface area contributed by atoms with E-state index >= 15 is 0 Å². The molecule has 1 aliphatic heterocycles. The van der Waals surface area contributed by atoms with Crippen LogP contribution in [-0.4, -0.2) is 53.4 Å². The van der Waals surface area contributed by atoms with Crippen molar-refractivity contribution in [2.75, 3.05) is 13.1 Å². The Labute approximate surface area is 163 Å². The number of benzene rings is 1. The molecule has 0 radical (unpaired) electrons. The molecule has 1 saturated heterocycles. The molecule has 1 fully saturated rings. The Morgan fingerprint density at radius 1 is 1.32 bits per heavy atom. The van der Waals surface area contributed by atoms with Gasteiger partial charge < -0.3 is 15.4 Å². The van der Waals surface area contributed by atoms with Crippen molar-refractivity contribution in [2.45, 2.75) is 38.3 Å². The largest absolute Gasteiger partial charge is 0.451 e. The molecular weight excluding hydrogens is 362 g/mol. The second-order valence-electron chi connectivity index (χ2n) is 6.81. The first-order valence-corrected chi connectivity index (χ1v) is 9.03. The van der Waals surface area contributed by atoms with Gasteiger partial charge in [0.15, 0.2) is 6.10 Å². The summed E-state index contributed by atoms with van der Waals surface area (Å²) in [6.45, 7) is 6.21. The van der Waals surface area contributed by atoms with E-state index in [9.17, 15) is 19.2 Å². The molecule has 0 unspecified atom stereocenters. The number of aryl methyl sites for hydroxylation is 1. The number of esters is 1. The minimum atomic E-state index is -1.10. The van der Waals surface area contributed by atoms with Crippen molar-refractivity contribution in [2.24, 2.45) is 0 Å². The summed E-state index contributed by atoms with van der Waals surface area (Å²) in [4.78, 5) is 49.5. The maximum absolute atomic E-state index is 12.7. The topological polar surface area (TPSA) is 105 Å². The highest BCUT2D eigenvalue weighted by molar-refractivity contribution is 6.08. The molecule has 4 amide bonds. The van der Waals surface area contributed by atoms with Crippen molar-refractivity contribution in [1.82, 2.24) is 15.5 Å². The third kappa shape index (κ3) is 5.18. The lowest BCUT2D eigenvalue weighted by molar-refractivity contribution is -0.156. The second kappa shape index (κ2) is 9.16. The zero-order chi connectivity index (χ0) is 20.7. The van der Waals surface area contributed by atoms with Crippen LogP contribution in [0.15, 0.2) is 43.0 Å². The predicted octanol–water partition coefficient (Wildman–Crippen LogP) is 1.16. The van der Waals surface area contributed by atoms with E-state index in [1.54, 1.807) is 6.92 Å².